The molecule has 0 bridgehead atoms. The predicted molar refractivity (Wildman–Crippen MR) is 94.6 cm³/mol. The Morgan fingerprint density at radius 2 is 2.00 bits per heavy atom. The van der Waals surface area contributed by atoms with Crippen LogP contribution in [0.5, 0.6) is 0 Å². The highest BCUT2D eigenvalue weighted by molar-refractivity contribution is 6.31. The Labute approximate surface area is 148 Å². The molecule has 2 N–H and O–H groups in total. The lowest BCUT2D eigenvalue weighted by Gasteiger charge is -2.33. The molecule has 132 valence electrons. The van der Waals surface area contributed by atoms with Gasteiger partial charge in [0.05, 0.1) is 6.04 Å². The Hall–Kier alpha value is -1.75. The average Bonchev–Trinajstić information content (AvgIpc) is 2.54. The number of benzene rings is 1. The lowest BCUT2D eigenvalue weighted by Crippen LogP contribution is -2.37. The maximum Gasteiger partial charge on any atom is 0.407 e. The molecule has 1 fully saturated rings. The van der Waals surface area contributed by atoms with Crippen LogP contribution in [-0.2, 0) is 4.79 Å². The van der Waals surface area contributed by atoms with Crippen LogP contribution in [0.1, 0.15) is 61.8 Å². The van der Waals surface area contributed by atoms with E-state index in [1.54, 1.807) is 0 Å². The largest absolute Gasteiger partial charge is 0.465 e. The number of hydrogen-bond acceptors (Lipinski definition) is 2. The lowest BCUT2D eigenvalue weighted by molar-refractivity contribution is -0.119. The number of hydrogen-bond donors (Lipinski definition) is 2. The van der Waals surface area contributed by atoms with Gasteiger partial charge in [-0.2, -0.15) is 0 Å². The van der Waals surface area contributed by atoms with Crippen molar-refractivity contribution in [3.63, 3.8) is 0 Å². The third-order valence-electron chi connectivity index (χ3n) is 4.73. The normalized spacial score (nSPS) is 16.8. The van der Waals surface area contributed by atoms with Crippen molar-refractivity contribution in [3.8, 4) is 0 Å². The van der Waals surface area contributed by atoms with Crippen molar-refractivity contribution in [2.75, 3.05) is 13.1 Å². The van der Waals surface area contributed by atoms with E-state index < -0.39 is 6.09 Å². The summed E-state index contributed by atoms with van der Waals surface area (Å²) in [5.41, 5.74) is 3.22. The van der Waals surface area contributed by atoms with Crippen molar-refractivity contribution in [2.24, 2.45) is 0 Å². The fourth-order valence-electron chi connectivity index (χ4n) is 3.40. The zero-order valence-electron chi connectivity index (χ0n) is 14.4. The van der Waals surface area contributed by atoms with Gasteiger partial charge in [-0.15, -0.1) is 0 Å². The van der Waals surface area contributed by atoms with Crippen LogP contribution in [-0.4, -0.2) is 35.1 Å². The molecule has 1 aromatic rings. The SMILES string of the molecule is CCC(NC(C)=O)c1cc(C)c(Cl)cc1C1CCN(C(=O)O)CC1. The number of carbonyl (C=O) groups excluding carboxylic acids is 1. The molecule has 0 aliphatic carbocycles. The summed E-state index contributed by atoms with van der Waals surface area (Å²) in [5.74, 6) is 0.206. The molecule has 6 heteroatoms. The second kappa shape index (κ2) is 7.88. The van der Waals surface area contributed by atoms with Crippen molar-refractivity contribution in [1.29, 1.82) is 0 Å². The summed E-state index contributed by atoms with van der Waals surface area (Å²) in [6.07, 6.45) is 1.48. The summed E-state index contributed by atoms with van der Waals surface area (Å²) in [6, 6.07) is 4.01. The molecule has 0 spiro atoms. The minimum atomic E-state index is -0.861. The molecule has 0 saturated carbocycles. The van der Waals surface area contributed by atoms with Crippen molar-refractivity contribution in [2.45, 2.75) is 52.0 Å². The van der Waals surface area contributed by atoms with Crippen LogP contribution < -0.4 is 5.32 Å². The van der Waals surface area contributed by atoms with Crippen LogP contribution in [0, 0.1) is 6.92 Å². The highest BCUT2D eigenvalue weighted by Crippen LogP contribution is 2.36. The smallest absolute Gasteiger partial charge is 0.407 e. The highest BCUT2D eigenvalue weighted by atomic mass is 35.5. The first kappa shape index (κ1) is 18.6. The Morgan fingerprint density at radius 1 is 1.38 bits per heavy atom. The zero-order valence-corrected chi connectivity index (χ0v) is 15.2. The van der Waals surface area contributed by atoms with Crippen molar-refractivity contribution < 1.29 is 14.7 Å². The van der Waals surface area contributed by atoms with Gasteiger partial charge in [-0.25, -0.2) is 4.79 Å². The standard InChI is InChI=1S/C18H25ClN2O3/c1-4-17(20-12(3)22)15-9-11(2)16(19)10-14(15)13-5-7-21(8-6-13)18(23)24/h9-10,13,17H,4-8H2,1-3H3,(H,20,22)(H,23,24). The topological polar surface area (TPSA) is 69.6 Å². The number of amides is 2. The van der Waals surface area contributed by atoms with E-state index in [0.717, 1.165) is 36.0 Å². The molecule has 1 atom stereocenters. The zero-order chi connectivity index (χ0) is 17.9. The highest BCUT2D eigenvalue weighted by Gasteiger charge is 2.27. The molecule has 1 saturated heterocycles. The summed E-state index contributed by atoms with van der Waals surface area (Å²) in [6.45, 7) is 6.59. The Morgan fingerprint density at radius 3 is 2.50 bits per heavy atom. The molecule has 2 amide bonds. The van der Waals surface area contributed by atoms with Crippen LogP contribution in [0.15, 0.2) is 12.1 Å². The first-order valence-corrected chi connectivity index (χ1v) is 8.76. The molecular formula is C18H25ClN2O3. The molecular weight excluding hydrogens is 328 g/mol. The molecule has 1 heterocycles. The van der Waals surface area contributed by atoms with Crippen molar-refractivity contribution in [1.82, 2.24) is 10.2 Å². The van der Waals surface area contributed by atoms with E-state index in [0.29, 0.717) is 18.1 Å². The molecule has 1 aliphatic heterocycles. The van der Waals surface area contributed by atoms with Gasteiger partial charge in [0.15, 0.2) is 0 Å². The number of carbonyl (C=O) groups is 2. The van der Waals surface area contributed by atoms with E-state index in [-0.39, 0.29) is 17.9 Å². The minimum Gasteiger partial charge on any atom is -0.465 e. The number of nitrogens with one attached hydrogen (secondary N) is 1. The molecule has 5 nitrogen and oxygen atoms in total. The minimum absolute atomic E-state index is 0.0500. The van der Waals surface area contributed by atoms with E-state index in [4.69, 9.17) is 16.7 Å². The molecule has 0 radical (unpaired) electrons. The quantitative estimate of drug-likeness (QED) is 0.857. The Kier molecular flexibility index (Phi) is 6.10. The maximum atomic E-state index is 11.5. The van der Waals surface area contributed by atoms with Crippen LogP contribution in [0.3, 0.4) is 0 Å². The molecule has 0 aromatic heterocycles. The third kappa shape index (κ3) is 4.20. The van der Waals surface area contributed by atoms with Gasteiger partial charge in [-0.3, -0.25) is 4.79 Å². The summed E-state index contributed by atoms with van der Waals surface area (Å²) in [4.78, 5) is 24.1. The van der Waals surface area contributed by atoms with Gasteiger partial charge in [0.1, 0.15) is 0 Å². The first-order chi connectivity index (χ1) is 11.3. The number of piperidine rings is 1. The van der Waals surface area contributed by atoms with E-state index in [9.17, 15) is 9.59 Å². The van der Waals surface area contributed by atoms with Crippen molar-refractivity contribution in [3.05, 3.63) is 33.8 Å². The number of aryl methyl sites for hydroxylation is 1. The number of rotatable bonds is 4. The van der Waals surface area contributed by atoms with E-state index in [1.807, 2.05) is 19.9 Å². The molecule has 1 aromatic carbocycles. The monoisotopic (exact) mass is 352 g/mol. The van der Waals surface area contributed by atoms with Crippen LogP contribution in [0.25, 0.3) is 0 Å². The second-order valence-electron chi connectivity index (χ2n) is 6.44. The van der Waals surface area contributed by atoms with Gasteiger partial charge in [0.25, 0.3) is 0 Å². The Balaban J connectivity index is 2.33. The van der Waals surface area contributed by atoms with Gasteiger partial charge >= 0.3 is 6.09 Å². The van der Waals surface area contributed by atoms with Gasteiger partial charge in [0.2, 0.25) is 5.91 Å². The average molecular weight is 353 g/mol. The first-order valence-electron chi connectivity index (χ1n) is 8.38. The Bertz CT molecular complexity index is 625. The van der Waals surface area contributed by atoms with Gasteiger partial charge in [-0.05, 0) is 54.9 Å². The summed E-state index contributed by atoms with van der Waals surface area (Å²) in [5, 5.41) is 12.8. The number of likely N-dealkylation sites (tertiary alicyclic amines) is 1. The summed E-state index contributed by atoms with van der Waals surface area (Å²) >= 11 is 6.35. The predicted octanol–water partition coefficient (Wildman–Crippen LogP) is 4.09. The maximum absolute atomic E-state index is 11.5. The third-order valence-corrected chi connectivity index (χ3v) is 5.14. The fraction of sp³-hybridized carbons (Fsp3) is 0.556. The number of halogens is 1. The van der Waals surface area contributed by atoms with Crippen LogP contribution in [0.4, 0.5) is 4.79 Å². The summed E-state index contributed by atoms with van der Waals surface area (Å²) in [7, 11) is 0. The number of carboxylic acid groups (broad SMARTS) is 1. The van der Waals surface area contributed by atoms with Gasteiger partial charge < -0.3 is 15.3 Å². The van der Waals surface area contributed by atoms with Crippen molar-refractivity contribution >= 4 is 23.6 Å². The number of nitrogens with zero attached hydrogens (tertiary/aromatic N) is 1. The van der Waals surface area contributed by atoms with E-state index in [2.05, 4.69) is 11.4 Å². The molecule has 1 unspecified atom stereocenters. The lowest BCUT2D eigenvalue weighted by atomic mass is 9.83. The van der Waals surface area contributed by atoms with E-state index in [1.165, 1.54) is 11.8 Å². The molecule has 2 rings (SSSR count). The van der Waals surface area contributed by atoms with Gasteiger partial charge in [0, 0.05) is 25.0 Å². The van der Waals surface area contributed by atoms with E-state index >= 15 is 0 Å². The fourth-order valence-corrected chi connectivity index (χ4v) is 3.57. The second-order valence-corrected chi connectivity index (χ2v) is 6.84. The molecule has 24 heavy (non-hydrogen) atoms. The van der Waals surface area contributed by atoms with Gasteiger partial charge in [-0.1, -0.05) is 24.6 Å². The van der Waals surface area contributed by atoms with Crippen LogP contribution >= 0.6 is 11.6 Å². The molecule has 1 aliphatic rings. The summed E-state index contributed by atoms with van der Waals surface area (Å²) < 4.78 is 0. The van der Waals surface area contributed by atoms with Crippen LogP contribution in [0.2, 0.25) is 5.02 Å².